The smallest absolute Gasteiger partial charge is 0.306 e. The van der Waals surface area contributed by atoms with Gasteiger partial charge < -0.3 is 14.2 Å². The van der Waals surface area contributed by atoms with Crippen LogP contribution in [0.1, 0.15) is 278 Å². The predicted octanol–water partition coefficient (Wildman–Crippen LogP) is 17.3. The van der Waals surface area contributed by atoms with Crippen LogP contribution in [0.2, 0.25) is 0 Å². The summed E-state index contributed by atoms with van der Waals surface area (Å²) in [5, 5.41) is 0. The number of hydrogen-bond donors (Lipinski definition) is 0. The highest BCUT2D eigenvalue weighted by Crippen LogP contribution is 2.16. The SMILES string of the molecule is CCCCCCCC/C=C\C/C=C\C/C=C\CCCC(=O)OC[C@H](COC(=O)CCCCCCCCCCCCCCC)OC(=O)CCCCCCCCCCCCCCC. The summed E-state index contributed by atoms with van der Waals surface area (Å²) in [6.07, 6.45) is 58.4. The van der Waals surface area contributed by atoms with E-state index < -0.39 is 6.10 Å². The van der Waals surface area contributed by atoms with E-state index in [-0.39, 0.29) is 31.1 Å². The maximum absolute atomic E-state index is 12.8. The summed E-state index contributed by atoms with van der Waals surface area (Å²) < 4.78 is 16.8. The molecule has 6 nitrogen and oxygen atoms in total. The van der Waals surface area contributed by atoms with Crippen molar-refractivity contribution in [3.05, 3.63) is 36.5 Å². The van der Waals surface area contributed by atoms with Crippen LogP contribution in [0.25, 0.3) is 0 Å². The Hall–Kier alpha value is -2.37. The van der Waals surface area contributed by atoms with E-state index in [9.17, 15) is 14.4 Å². The highest BCUT2D eigenvalue weighted by molar-refractivity contribution is 5.71. The van der Waals surface area contributed by atoms with Crippen molar-refractivity contribution in [3.63, 3.8) is 0 Å². The Kier molecular flexibility index (Phi) is 48.3. The zero-order chi connectivity index (χ0) is 44.4. The van der Waals surface area contributed by atoms with Gasteiger partial charge in [0.05, 0.1) is 0 Å². The van der Waals surface area contributed by atoms with E-state index in [0.29, 0.717) is 25.7 Å². The summed E-state index contributed by atoms with van der Waals surface area (Å²) in [5.41, 5.74) is 0. The third-order valence-corrected chi connectivity index (χ3v) is 11.6. The molecule has 0 aromatic heterocycles. The Morgan fingerprint density at radius 3 is 0.984 bits per heavy atom. The van der Waals surface area contributed by atoms with Crippen LogP contribution in [0.15, 0.2) is 36.5 Å². The Bertz CT molecular complexity index is 1030. The minimum Gasteiger partial charge on any atom is -0.462 e. The molecule has 1 atom stereocenters. The highest BCUT2D eigenvalue weighted by Gasteiger charge is 2.19. The molecule has 0 unspecified atom stereocenters. The lowest BCUT2D eigenvalue weighted by Gasteiger charge is -2.18. The van der Waals surface area contributed by atoms with Gasteiger partial charge in [0, 0.05) is 19.3 Å². The van der Waals surface area contributed by atoms with Gasteiger partial charge in [0.1, 0.15) is 13.2 Å². The number of hydrogen-bond acceptors (Lipinski definition) is 6. The molecule has 0 fully saturated rings. The summed E-state index contributed by atoms with van der Waals surface area (Å²) in [6, 6.07) is 0. The van der Waals surface area contributed by atoms with E-state index in [4.69, 9.17) is 14.2 Å². The third kappa shape index (κ3) is 48.5. The molecule has 0 bridgehead atoms. The highest BCUT2D eigenvalue weighted by atomic mass is 16.6. The van der Waals surface area contributed by atoms with Crippen molar-refractivity contribution in [2.24, 2.45) is 0 Å². The van der Waals surface area contributed by atoms with Gasteiger partial charge in [-0.2, -0.15) is 0 Å². The zero-order valence-corrected chi connectivity index (χ0v) is 40.7. The number of carbonyl (C=O) groups is 3. The van der Waals surface area contributed by atoms with Crippen molar-refractivity contribution in [1.82, 2.24) is 0 Å². The first-order valence-corrected chi connectivity index (χ1v) is 26.5. The molecule has 0 aromatic rings. The Morgan fingerprint density at radius 2 is 0.607 bits per heavy atom. The van der Waals surface area contributed by atoms with Gasteiger partial charge in [-0.1, -0.05) is 243 Å². The lowest BCUT2D eigenvalue weighted by Crippen LogP contribution is -2.30. The lowest BCUT2D eigenvalue weighted by molar-refractivity contribution is -0.167. The minimum absolute atomic E-state index is 0.0833. The van der Waals surface area contributed by atoms with E-state index in [1.54, 1.807) is 0 Å². The van der Waals surface area contributed by atoms with Gasteiger partial charge in [0.25, 0.3) is 0 Å². The number of ether oxygens (including phenoxy) is 3. The minimum atomic E-state index is -0.786. The van der Waals surface area contributed by atoms with Crippen molar-refractivity contribution >= 4 is 17.9 Å². The Morgan fingerprint density at radius 1 is 0.328 bits per heavy atom. The van der Waals surface area contributed by atoms with Gasteiger partial charge in [0.2, 0.25) is 0 Å². The van der Waals surface area contributed by atoms with E-state index in [1.165, 1.54) is 173 Å². The third-order valence-electron chi connectivity index (χ3n) is 11.6. The fourth-order valence-corrected chi connectivity index (χ4v) is 7.64. The van der Waals surface area contributed by atoms with Crippen LogP contribution >= 0.6 is 0 Å². The first-order chi connectivity index (χ1) is 30.0. The number of esters is 3. The first kappa shape index (κ1) is 58.6. The fraction of sp³-hybridized carbons (Fsp3) is 0.836. The average Bonchev–Trinajstić information content (AvgIpc) is 3.26. The first-order valence-electron chi connectivity index (χ1n) is 26.5. The second-order valence-corrected chi connectivity index (χ2v) is 17.8. The molecule has 0 saturated heterocycles. The molecular formula is C55H100O6. The summed E-state index contributed by atoms with van der Waals surface area (Å²) >= 11 is 0. The van der Waals surface area contributed by atoms with Crippen molar-refractivity contribution in [2.75, 3.05) is 13.2 Å². The van der Waals surface area contributed by atoms with Crippen molar-refractivity contribution in [1.29, 1.82) is 0 Å². The Balaban J connectivity index is 4.41. The van der Waals surface area contributed by atoms with Gasteiger partial charge in [-0.05, 0) is 51.4 Å². The summed E-state index contributed by atoms with van der Waals surface area (Å²) in [4.78, 5) is 37.9. The molecule has 0 heterocycles. The maximum Gasteiger partial charge on any atom is 0.306 e. The monoisotopic (exact) mass is 857 g/mol. The number of allylic oxidation sites excluding steroid dienone is 6. The van der Waals surface area contributed by atoms with Gasteiger partial charge >= 0.3 is 17.9 Å². The van der Waals surface area contributed by atoms with Crippen molar-refractivity contribution < 1.29 is 28.6 Å². The number of carbonyl (C=O) groups excluding carboxylic acids is 3. The zero-order valence-electron chi connectivity index (χ0n) is 40.7. The maximum atomic E-state index is 12.8. The van der Waals surface area contributed by atoms with Gasteiger partial charge in [0.15, 0.2) is 6.10 Å². The van der Waals surface area contributed by atoms with Crippen molar-refractivity contribution in [3.8, 4) is 0 Å². The second-order valence-electron chi connectivity index (χ2n) is 17.8. The molecule has 6 heteroatoms. The predicted molar refractivity (Wildman–Crippen MR) is 261 cm³/mol. The molecule has 61 heavy (non-hydrogen) atoms. The molecule has 0 saturated carbocycles. The van der Waals surface area contributed by atoms with Crippen LogP contribution in [0, 0.1) is 0 Å². The van der Waals surface area contributed by atoms with Gasteiger partial charge in [-0.15, -0.1) is 0 Å². The Labute approximate surface area is 378 Å². The normalized spacial score (nSPS) is 12.2. The molecule has 0 aliphatic heterocycles. The summed E-state index contributed by atoms with van der Waals surface area (Å²) in [6.45, 7) is 6.61. The molecule has 0 aliphatic carbocycles. The molecule has 0 N–H and O–H groups in total. The number of rotatable bonds is 48. The molecular weight excluding hydrogens is 757 g/mol. The van der Waals surface area contributed by atoms with Crippen LogP contribution in [-0.4, -0.2) is 37.2 Å². The largest absolute Gasteiger partial charge is 0.462 e. The van der Waals surface area contributed by atoms with E-state index in [0.717, 1.165) is 57.8 Å². The van der Waals surface area contributed by atoms with Crippen LogP contribution < -0.4 is 0 Å². The van der Waals surface area contributed by atoms with Gasteiger partial charge in [-0.3, -0.25) is 14.4 Å². The van der Waals surface area contributed by atoms with Crippen LogP contribution in [-0.2, 0) is 28.6 Å². The van der Waals surface area contributed by atoms with Crippen LogP contribution in [0.4, 0.5) is 0 Å². The van der Waals surface area contributed by atoms with E-state index >= 15 is 0 Å². The van der Waals surface area contributed by atoms with E-state index in [1.807, 2.05) is 0 Å². The quantitative estimate of drug-likeness (QED) is 0.0262. The van der Waals surface area contributed by atoms with E-state index in [2.05, 4.69) is 57.2 Å². The fourth-order valence-electron chi connectivity index (χ4n) is 7.64. The molecule has 356 valence electrons. The standard InChI is InChI=1S/C55H100O6/c1-4-7-10-13-16-19-22-25-26-27-28-31-33-36-39-42-45-48-54(57)60-51-52(61-55(58)49-46-43-40-37-34-30-24-21-18-15-12-9-6-3)50-59-53(56)47-44-41-38-35-32-29-23-20-17-14-11-8-5-2/h25-26,28,31,36,39,52H,4-24,27,29-30,32-35,37-38,40-51H2,1-3H3/b26-25-,31-28-,39-36-/t52-/m0/s1. The van der Waals surface area contributed by atoms with Crippen LogP contribution in [0.3, 0.4) is 0 Å². The topological polar surface area (TPSA) is 78.9 Å². The number of unbranched alkanes of at least 4 members (excludes halogenated alkanes) is 31. The molecule has 0 aromatic carbocycles. The molecule has 0 radical (unpaired) electrons. The molecule has 0 spiro atoms. The summed E-state index contributed by atoms with van der Waals surface area (Å²) in [5.74, 6) is -0.925. The lowest BCUT2D eigenvalue weighted by atomic mass is 10.0. The molecule has 0 amide bonds. The van der Waals surface area contributed by atoms with Crippen LogP contribution in [0.5, 0.6) is 0 Å². The van der Waals surface area contributed by atoms with Gasteiger partial charge in [-0.25, -0.2) is 0 Å². The molecule has 0 rings (SSSR count). The summed E-state index contributed by atoms with van der Waals surface area (Å²) in [7, 11) is 0. The average molecular weight is 857 g/mol. The molecule has 0 aliphatic rings. The van der Waals surface area contributed by atoms with Crippen molar-refractivity contribution in [2.45, 2.75) is 284 Å². The second kappa shape index (κ2) is 50.3.